The summed E-state index contributed by atoms with van der Waals surface area (Å²) < 4.78 is 0. The largest absolute Gasteiger partial charge is 0.479 e. The first-order valence-corrected chi connectivity index (χ1v) is 8.84. The Morgan fingerprint density at radius 3 is 2.38 bits per heavy atom. The first-order valence-electron chi connectivity index (χ1n) is 8.84. The highest BCUT2D eigenvalue weighted by atomic mass is 16.4. The molecular weight excluding hydrogens is 300 g/mol. The fraction of sp³-hybridized carbons (Fsp3) is 0.476. The van der Waals surface area contributed by atoms with Gasteiger partial charge < -0.3 is 10.2 Å². The Kier molecular flexibility index (Phi) is 5.66. The maximum absolute atomic E-state index is 11.6. The molecule has 1 aromatic carbocycles. The molecule has 24 heavy (non-hydrogen) atoms. The van der Waals surface area contributed by atoms with Crippen molar-refractivity contribution in [1.82, 2.24) is 0 Å². The molecule has 0 fully saturated rings. The van der Waals surface area contributed by atoms with Gasteiger partial charge in [-0.2, -0.15) is 0 Å². The van der Waals surface area contributed by atoms with Crippen LogP contribution >= 0.6 is 0 Å². The van der Waals surface area contributed by atoms with Gasteiger partial charge in [0.25, 0.3) is 0 Å². The second kappa shape index (κ2) is 7.35. The van der Waals surface area contributed by atoms with Gasteiger partial charge in [0.1, 0.15) is 0 Å². The number of rotatable bonds is 7. The van der Waals surface area contributed by atoms with Crippen LogP contribution in [0.15, 0.2) is 54.1 Å². The predicted octanol–water partition coefficient (Wildman–Crippen LogP) is 4.47. The van der Waals surface area contributed by atoms with Crippen LogP contribution in [-0.2, 0) is 10.2 Å². The fourth-order valence-electron chi connectivity index (χ4n) is 3.64. The monoisotopic (exact) mass is 328 g/mol. The Labute approximate surface area is 144 Å². The number of carbonyl (C=O) groups is 1. The van der Waals surface area contributed by atoms with E-state index >= 15 is 0 Å². The van der Waals surface area contributed by atoms with Gasteiger partial charge in [0.05, 0.1) is 0 Å². The molecule has 0 saturated carbocycles. The van der Waals surface area contributed by atoms with E-state index in [1.54, 1.807) is 0 Å². The molecule has 1 aliphatic rings. The highest BCUT2D eigenvalue weighted by Crippen LogP contribution is 2.44. The van der Waals surface area contributed by atoms with Gasteiger partial charge in [0.2, 0.25) is 5.60 Å². The van der Waals surface area contributed by atoms with Gasteiger partial charge in [0, 0.05) is 5.41 Å². The molecule has 0 amide bonds. The lowest BCUT2D eigenvalue weighted by Crippen LogP contribution is -2.44. The van der Waals surface area contributed by atoms with Crippen LogP contribution in [0, 0.1) is 5.92 Å². The van der Waals surface area contributed by atoms with Gasteiger partial charge in [-0.15, -0.1) is 0 Å². The summed E-state index contributed by atoms with van der Waals surface area (Å²) in [6.07, 6.45) is 9.18. The Hall–Kier alpha value is -1.87. The molecule has 3 nitrogen and oxygen atoms in total. The Bertz CT molecular complexity index is 632. The van der Waals surface area contributed by atoms with Crippen LogP contribution in [0.1, 0.15) is 52.0 Å². The van der Waals surface area contributed by atoms with Crippen LogP contribution in [0.2, 0.25) is 0 Å². The van der Waals surface area contributed by atoms with E-state index in [9.17, 15) is 15.0 Å². The van der Waals surface area contributed by atoms with Crippen molar-refractivity contribution in [1.29, 1.82) is 0 Å². The third-order valence-corrected chi connectivity index (χ3v) is 5.29. The van der Waals surface area contributed by atoms with E-state index in [1.807, 2.05) is 37.3 Å². The number of aliphatic carboxylic acids is 1. The topological polar surface area (TPSA) is 57.5 Å². The summed E-state index contributed by atoms with van der Waals surface area (Å²) in [6.45, 7) is 6.28. The summed E-state index contributed by atoms with van der Waals surface area (Å²) in [5.41, 5.74) is -0.561. The molecule has 0 radical (unpaired) electrons. The zero-order valence-electron chi connectivity index (χ0n) is 14.8. The van der Waals surface area contributed by atoms with Crippen LogP contribution in [-0.4, -0.2) is 21.8 Å². The Balaban J connectivity index is 2.57. The van der Waals surface area contributed by atoms with E-state index in [0.717, 1.165) is 24.8 Å². The van der Waals surface area contributed by atoms with Gasteiger partial charge in [0.15, 0.2) is 0 Å². The van der Waals surface area contributed by atoms with Gasteiger partial charge in [-0.05, 0) is 36.0 Å². The molecule has 3 atom stereocenters. The second-order valence-corrected chi connectivity index (χ2v) is 6.77. The molecule has 3 heteroatoms. The minimum Gasteiger partial charge on any atom is -0.479 e. The van der Waals surface area contributed by atoms with E-state index in [-0.39, 0.29) is 5.41 Å². The molecular formula is C21H28O3. The first kappa shape index (κ1) is 18.5. The van der Waals surface area contributed by atoms with Crippen molar-refractivity contribution in [3.63, 3.8) is 0 Å². The molecule has 0 saturated heterocycles. The van der Waals surface area contributed by atoms with Crippen LogP contribution in [0.4, 0.5) is 0 Å². The SMILES string of the molecule is CCCCC(C)C1(c2ccccc2)C=CC(O)(C(=O)O)C(CC)=C1. The number of allylic oxidation sites excluding steroid dienone is 2. The molecule has 2 rings (SSSR count). The third-order valence-electron chi connectivity index (χ3n) is 5.29. The first-order chi connectivity index (χ1) is 11.4. The molecule has 2 N–H and O–H groups in total. The second-order valence-electron chi connectivity index (χ2n) is 6.77. The van der Waals surface area contributed by atoms with Gasteiger partial charge in [-0.1, -0.05) is 76.1 Å². The van der Waals surface area contributed by atoms with Crippen molar-refractivity contribution in [2.45, 2.75) is 57.5 Å². The average Bonchev–Trinajstić information content (AvgIpc) is 2.60. The molecule has 3 unspecified atom stereocenters. The van der Waals surface area contributed by atoms with Crippen LogP contribution < -0.4 is 0 Å². The quantitative estimate of drug-likeness (QED) is 0.726. The highest BCUT2D eigenvalue weighted by Gasteiger charge is 2.45. The van der Waals surface area contributed by atoms with Crippen molar-refractivity contribution in [2.75, 3.05) is 0 Å². The number of unbranched alkanes of at least 4 members (excludes halogenated alkanes) is 1. The molecule has 0 aliphatic heterocycles. The lowest BCUT2D eigenvalue weighted by Gasteiger charge is -2.41. The third kappa shape index (κ3) is 3.18. The number of hydrogen-bond donors (Lipinski definition) is 2. The summed E-state index contributed by atoms with van der Waals surface area (Å²) >= 11 is 0. The molecule has 0 spiro atoms. The van der Waals surface area contributed by atoms with Crippen molar-refractivity contribution in [2.24, 2.45) is 5.92 Å². The van der Waals surface area contributed by atoms with E-state index in [2.05, 4.69) is 26.0 Å². The minimum absolute atomic E-state index is 0.316. The average molecular weight is 328 g/mol. The maximum atomic E-state index is 11.6. The summed E-state index contributed by atoms with van der Waals surface area (Å²) in [6, 6.07) is 10.2. The summed E-state index contributed by atoms with van der Waals surface area (Å²) in [7, 11) is 0. The van der Waals surface area contributed by atoms with E-state index in [1.165, 1.54) is 6.08 Å². The summed E-state index contributed by atoms with van der Waals surface area (Å²) in [4.78, 5) is 11.6. The number of benzene rings is 1. The van der Waals surface area contributed by atoms with Crippen LogP contribution in [0.25, 0.3) is 0 Å². The minimum atomic E-state index is -1.89. The van der Waals surface area contributed by atoms with Crippen molar-refractivity contribution in [3.8, 4) is 0 Å². The number of carboxylic acid groups (broad SMARTS) is 1. The molecule has 1 aliphatic carbocycles. The number of hydrogen-bond acceptors (Lipinski definition) is 2. The number of carboxylic acids is 1. The molecule has 0 bridgehead atoms. The van der Waals surface area contributed by atoms with Gasteiger partial charge >= 0.3 is 5.97 Å². The van der Waals surface area contributed by atoms with Crippen molar-refractivity contribution < 1.29 is 15.0 Å². The van der Waals surface area contributed by atoms with E-state index in [4.69, 9.17) is 0 Å². The smallest absolute Gasteiger partial charge is 0.344 e. The zero-order chi connectivity index (χ0) is 17.8. The van der Waals surface area contributed by atoms with E-state index in [0.29, 0.717) is 17.9 Å². The van der Waals surface area contributed by atoms with E-state index < -0.39 is 11.6 Å². The predicted molar refractivity (Wildman–Crippen MR) is 96.9 cm³/mol. The molecule has 0 aromatic heterocycles. The standard InChI is InChI=1S/C21H28O3/c1-4-6-10-16(3)20(18-11-8-7-9-12-18)13-14-21(24,19(22)23)17(5-2)15-20/h7-9,11-16,24H,4-6,10H2,1-3H3,(H,22,23). The van der Waals surface area contributed by atoms with Crippen molar-refractivity contribution >= 4 is 5.97 Å². The van der Waals surface area contributed by atoms with Crippen LogP contribution in [0.5, 0.6) is 0 Å². The lowest BCUT2D eigenvalue weighted by molar-refractivity contribution is -0.150. The molecule has 1 aromatic rings. The van der Waals surface area contributed by atoms with Crippen LogP contribution in [0.3, 0.4) is 0 Å². The highest BCUT2D eigenvalue weighted by molar-refractivity contribution is 5.85. The maximum Gasteiger partial charge on any atom is 0.344 e. The molecule has 0 heterocycles. The molecule has 130 valence electrons. The normalized spacial score (nSPS) is 27.6. The summed E-state index contributed by atoms with van der Waals surface area (Å²) in [5.74, 6) is -0.897. The zero-order valence-corrected chi connectivity index (χ0v) is 14.8. The Morgan fingerprint density at radius 2 is 1.83 bits per heavy atom. The lowest BCUT2D eigenvalue weighted by atomic mass is 9.64. The summed E-state index contributed by atoms with van der Waals surface area (Å²) in [5, 5.41) is 20.1. The fourth-order valence-corrected chi connectivity index (χ4v) is 3.64. The van der Waals surface area contributed by atoms with Gasteiger partial charge in [-0.25, -0.2) is 4.79 Å². The number of aliphatic hydroxyl groups is 1. The van der Waals surface area contributed by atoms with Crippen molar-refractivity contribution in [3.05, 3.63) is 59.7 Å². The van der Waals surface area contributed by atoms with Gasteiger partial charge in [-0.3, -0.25) is 0 Å². The Morgan fingerprint density at radius 1 is 1.17 bits per heavy atom.